The minimum Gasteiger partial charge on any atom is -0.508 e. The average Bonchev–Trinajstić information content (AvgIpc) is 2.39. The van der Waals surface area contributed by atoms with Gasteiger partial charge >= 0.3 is 5.97 Å². The molecule has 4 heteroatoms. The SMILES string of the molecule is CC(c1ccc(O)cc1)c1ccc(O)c(C(=O)O)c1. The highest BCUT2D eigenvalue weighted by Gasteiger charge is 2.14. The second-order valence-corrected chi connectivity index (χ2v) is 4.39. The lowest BCUT2D eigenvalue weighted by atomic mass is 9.92. The first-order chi connectivity index (χ1) is 8.99. The zero-order valence-electron chi connectivity index (χ0n) is 10.4. The van der Waals surface area contributed by atoms with E-state index in [0.717, 1.165) is 11.1 Å². The summed E-state index contributed by atoms with van der Waals surface area (Å²) in [6.07, 6.45) is 0. The van der Waals surface area contributed by atoms with Crippen molar-refractivity contribution in [1.29, 1.82) is 0 Å². The van der Waals surface area contributed by atoms with Crippen molar-refractivity contribution in [1.82, 2.24) is 0 Å². The molecule has 0 amide bonds. The van der Waals surface area contributed by atoms with Crippen LogP contribution in [0.3, 0.4) is 0 Å². The third-order valence-electron chi connectivity index (χ3n) is 3.14. The summed E-state index contributed by atoms with van der Waals surface area (Å²) in [5, 5.41) is 27.7. The van der Waals surface area contributed by atoms with Gasteiger partial charge in [0.15, 0.2) is 0 Å². The molecule has 0 radical (unpaired) electrons. The Morgan fingerprint density at radius 1 is 1.00 bits per heavy atom. The minimum atomic E-state index is -1.16. The molecule has 0 heterocycles. The number of benzene rings is 2. The van der Waals surface area contributed by atoms with Crippen LogP contribution in [0.2, 0.25) is 0 Å². The molecule has 3 N–H and O–H groups in total. The van der Waals surface area contributed by atoms with Crippen molar-refractivity contribution >= 4 is 5.97 Å². The van der Waals surface area contributed by atoms with Gasteiger partial charge in [0.25, 0.3) is 0 Å². The predicted octanol–water partition coefficient (Wildman–Crippen LogP) is 2.95. The molecule has 0 saturated heterocycles. The minimum absolute atomic E-state index is 0.0284. The van der Waals surface area contributed by atoms with Crippen molar-refractivity contribution in [2.24, 2.45) is 0 Å². The first-order valence-corrected chi connectivity index (χ1v) is 5.84. The number of aromatic hydroxyl groups is 2. The van der Waals surface area contributed by atoms with E-state index >= 15 is 0 Å². The Bertz CT molecular complexity index is 602. The van der Waals surface area contributed by atoms with Gasteiger partial charge in [-0.05, 0) is 35.4 Å². The molecule has 98 valence electrons. The van der Waals surface area contributed by atoms with Gasteiger partial charge < -0.3 is 15.3 Å². The van der Waals surface area contributed by atoms with E-state index in [0.29, 0.717) is 0 Å². The first kappa shape index (κ1) is 13.0. The fourth-order valence-corrected chi connectivity index (χ4v) is 1.95. The number of carboxylic acid groups (broad SMARTS) is 1. The normalized spacial score (nSPS) is 12.1. The molecule has 2 rings (SSSR count). The van der Waals surface area contributed by atoms with Gasteiger partial charge in [0.2, 0.25) is 0 Å². The summed E-state index contributed by atoms with van der Waals surface area (Å²) in [5.41, 5.74) is 1.64. The number of carboxylic acids is 1. The maximum absolute atomic E-state index is 11.0. The molecule has 0 spiro atoms. The number of carbonyl (C=O) groups is 1. The maximum Gasteiger partial charge on any atom is 0.339 e. The third kappa shape index (κ3) is 2.68. The van der Waals surface area contributed by atoms with Crippen LogP contribution in [0, 0.1) is 0 Å². The maximum atomic E-state index is 11.0. The van der Waals surface area contributed by atoms with Gasteiger partial charge in [-0.15, -0.1) is 0 Å². The van der Waals surface area contributed by atoms with Crippen LogP contribution in [-0.2, 0) is 0 Å². The highest BCUT2D eigenvalue weighted by Crippen LogP contribution is 2.28. The quantitative estimate of drug-likeness (QED) is 0.791. The number of hydrogen-bond acceptors (Lipinski definition) is 3. The monoisotopic (exact) mass is 258 g/mol. The third-order valence-corrected chi connectivity index (χ3v) is 3.14. The Morgan fingerprint density at radius 2 is 1.58 bits per heavy atom. The lowest BCUT2D eigenvalue weighted by Gasteiger charge is -2.13. The van der Waals surface area contributed by atoms with Crippen molar-refractivity contribution < 1.29 is 20.1 Å². The lowest BCUT2D eigenvalue weighted by molar-refractivity contribution is 0.0693. The van der Waals surface area contributed by atoms with Crippen LogP contribution in [0.25, 0.3) is 0 Å². The summed E-state index contributed by atoms with van der Waals surface area (Å²) < 4.78 is 0. The van der Waals surface area contributed by atoms with Gasteiger partial charge in [-0.1, -0.05) is 25.1 Å². The predicted molar refractivity (Wildman–Crippen MR) is 70.7 cm³/mol. The zero-order chi connectivity index (χ0) is 14.0. The molecule has 0 saturated carbocycles. The molecule has 19 heavy (non-hydrogen) atoms. The Labute approximate surface area is 110 Å². The summed E-state index contributed by atoms with van der Waals surface area (Å²) in [5.74, 6) is -1.24. The van der Waals surface area contributed by atoms with Crippen LogP contribution in [-0.4, -0.2) is 21.3 Å². The summed E-state index contributed by atoms with van der Waals surface area (Å²) in [4.78, 5) is 11.0. The van der Waals surface area contributed by atoms with Crippen LogP contribution in [0.4, 0.5) is 0 Å². The standard InChI is InChI=1S/C15H14O4/c1-9(10-2-5-12(16)6-3-10)11-4-7-14(17)13(8-11)15(18)19/h2-9,16-17H,1H3,(H,18,19). The summed E-state index contributed by atoms with van der Waals surface area (Å²) in [6.45, 7) is 1.93. The molecule has 4 nitrogen and oxygen atoms in total. The zero-order valence-corrected chi connectivity index (χ0v) is 10.4. The number of phenols is 2. The number of rotatable bonds is 3. The van der Waals surface area contributed by atoms with Crippen LogP contribution >= 0.6 is 0 Å². The molecule has 0 fully saturated rings. The fourth-order valence-electron chi connectivity index (χ4n) is 1.95. The van der Waals surface area contributed by atoms with Crippen molar-refractivity contribution in [3.8, 4) is 11.5 Å². The molecule has 2 aromatic rings. The Morgan fingerprint density at radius 3 is 2.16 bits per heavy atom. The topological polar surface area (TPSA) is 77.8 Å². The van der Waals surface area contributed by atoms with Crippen molar-refractivity contribution in [3.63, 3.8) is 0 Å². The smallest absolute Gasteiger partial charge is 0.339 e. The number of aromatic carboxylic acids is 1. The van der Waals surface area contributed by atoms with Crippen molar-refractivity contribution in [2.75, 3.05) is 0 Å². The molecule has 0 aromatic heterocycles. The summed E-state index contributed by atoms with van der Waals surface area (Å²) in [6, 6.07) is 11.3. The second-order valence-electron chi connectivity index (χ2n) is 4.39. The largest absolute Gasteiger partial charge is 0.508 e. The van der Waals surface area contributed by atoms with E-state index in [1.165, 1.54) is 12.1 Å². The highest BCUT2D eigenvalue weighted by atomic mass is 16.4. The van der Waals surface area contributed by atoms with Crippen LogP contribution in [0.1, 0.15) is 34.3 Å². The van der Waals surface area contributed by atoms with Crippen LogP contribution in [0.15, 0.2) is 42.5 Å². The molecular formula is C15H14O4. The second kappa shape index (κ2) is 5.02. The van der Waals surface area contributed by atoms with Crippen LogP contribution < -0.4 is 0 Å². The van der Waals surface area contributed by atoms with Crippen molar-refractivity contribution in [2.45, 2.75) is 12.8 Å². The van der Waals surface area contributed by atoms with Crippen LogP contribution in [0.5, 0.6) is 11.5 Å². The molecule has 0 bridgehead atoms. The summed E-state index contributed by atoms with van der Waals surface area (Å²) in [7, 11) is 0. The van der Waals surface area contributed by atoms with E-state index in [9.17, 15) is 15.0 Å². The first-order valence-electron chi connectivity index (χ1n) is 5.84. The van der Waals surface area contributed by atoms with Gasteiger partial charge in [-0.3, -0.25) is 0 Å². The Kier molecular flexibility index (Phi) is 3.42. The fraction of sp³-hybridized carbons (Fsp3) is 0.133. The molecule has 0 aliphatic carbocycles. The van der Waals surface area contributed by atoms with E-state index in [4.69, 9.17) is 5.11 Å². The number of hydrogen-bond donors (Lipinski definition) is 3. The molecule has 1 unspecified atom stereocenters. The Balaban J connectivity index is 2.38. The van der Waals surface area contributed by atoms with Gasteiger partial charge in [-0.25, -0.2) is 4.79 Å². The number of phenolic OH excluding ortho intramolecular Hbond substituents is 1. The average molecular weight is 258 g/mol. The molecule has 2 aromatic carbocycles. The van der Waals surface area contributed by atoms with E-state index in [1.54, 1.807) is 30.3 Å². The molecular weight excluding hydrogens is 244 g/mol. The van der Waals surface area contributed by atoms with Gasteiger partial charge in [-0.2, -0.15) is 0 Å². The van der Waals surface area contributed by atoms with E-state index in [-0.39, 0.29) is 23.0 Å². The molecule has 0 aliphatic rings. The van der Waals surface area contributed by atoms with Gasteiger partial charge in [0, 0.05) is 5.92 Å². The van der Waals surface area contributed by atoms with Gasteiger partial charge in [0.1, 0.15) is 17.1 Å². The van der Waals surface area contributed by atoms with Gasteiger partial charge in [0.05, 0.1) is 0 Å². The van der Waals surface area contributed by atoms with E-state index < -0.39 is 5.97 Å². The van der Waals surface area contributed by atoms with E-state index in [2.05, 4.69) is 0 Å². The lowest BCUT2D eigenvalue weighted by Crippen LogP contribution is -2.01. The molecule has 1 atom stereocenters. The highest BCUT2D eigenvalue weighted by molar-refractivity contribution is 5.91. The van der Waals surface area contributed by atoms with Crippen molar-refractivity contribution in [3.05, 3.63) is 59.2 Å². The molecule has 0 aliphatic heterocycles. The van der Waals surface area contributed by atoms with E-state index in [1.807, 2.05) is 6.92 Å². The summed E-state index contributed by atoms with van der Waals surface area (Å²) >= 11 is 0. The Hall–Kier alpha value is -2.49.